The van der Waals surface area contributed by atoms with Gasteiger partial charge in [0.25, 0.3) is 0 Å². The van der Waals surface area contributed by atoms with Crippen molar-refractivity contribution in [3.05, 3.63) is 29.3 Å². The van der Waals surface area contributed by atoms with E-state index in [2.05, 4.69) is 5.32 Å². The molecule has 5 heteroatoms. The van der Waals surface area contributed by atoms with Crippen LogP contribution < -0.4 is 5.32 Å². The molecular weight excluding hydrogens is 306 g/mol. The first-order valence-electron chi connectivity index (χ1n) is 8.22. The van der Waals surface area contributed by atoms with Gasteiger partial charge in [-0.1, -0.05) is 26.0 Å². The minimum atomic E-state index is -1.34. The standard InChI is InChI=1S/C19H23NO4/c1-11-7-6-8-13(12(11)2)20-14(21)19-10-9-18(5,17(19,3)4)15(22)24-16(19)23/h6-8H,9-10H2,1-5H3,(H,20,21). The molecule has 0 spiro atoms. The average molecular weight is 329 g/mol. The average Bonchev–Trinajstić information content (AvgIpc) is 2.65. The fourth-order valence-electron chi connectivity index (χ4n) is 4.14. The summed E-state index contributed by atoms with van der Waals surface area (Å²) < 4.78 is 4.99. The first-order valence-corrected chi connectivity index (χ1v) is 8.22. The highest BCUT2D eigenvalue weighted by Gasteiger charge is 2.75. The Morgan fingerprint density at radius 1 is 1.08 bits per heavy atom. The van der Waals surface area contributed by atoms with Gasteiger partial charge in [-0.3, -0.25) is 14.4 Å². The van der Waals surface area contributed by atoms with Gasteiger partial charge in [-0.05, 0) is 50.8 Å². The molecule has 24 heavy (non-hydrogen) atoms. The van der Waals surface area contributed by atoms with Gasteiger partial charge in [-0.2, -0.15) is 0 Å². The largest absolute Gasteiger partial charge is 0.392 e. The highest BCUT2D eigenvalue weighted by Crippen LogP contribution is 2.66. The zero-order chi connectivity index (χ0) is 17.9. The van der Waals surface area contributed by atoms with Gasteiger partial charge in [0.1, 0.15) is 0 Å². The van der Waals surface area contributed by atoms with Crippen LogP contribution in [0.5, 0.6) is 0 Å². The Kier molecular flexibility index (Phi) is 3.41. The molecule has 2 atom stereocenters. The van der Waals surface area contributed by atoms with E-state index in [4.69, 9.17) is 4.74 Å². The molecule has 1 aromatic carbocycles. The van der Waals surface area contributed by atoms with Crippen LogP contribution in [-0.4, -0.2) is 17.8 Å². The monoisotopic (exact) mass is 329 g/mol. The summed E-state index contributed by atoms with van der Waals surface area (Å²) in [5.74, 6) is -1.64. The Balaban J connectivity index is 2.04. The number of benzene rings is 1. The Labute approximate surface area is 141 Å². The third-order valence-corrected chi connectivity index (χ3v) is 6.67. The van der Waals surface area contributed by atoms with Gasteiger partial charge in [-0.25, -0.2) is 0 Å². The first-order chi connectivity index (χ1) is 11.1. The number of ether oxygens (including phenoxy) is 1. The second-order valence-electron chi connectivity index (χ2n) is 7.74. The van der Waals surface area contributed by atoms with E-state index in [1.54, 1.807) is 6.92 Å². The molecule has 2 aliphatic rings. The highest BCUT2D eigenvalue weighted by molar-refractivity contribution is 6.15. The van der Waals surface area contributed by atoms with Crippen molar-refractivity contribution < 1.29 is 19.1 Å². The van der Waals surface area contributed by atoms with E-state index in [9.17, 15) is 14.4 Å². The lowest BCUT2D eigenvalue weighted by atomic mass is 9.57. The highest BCUT2D eigenvalue weighted by atomic mass is 16.6. The lowest BCUT2D eigenvalue weighted by Gasteiger charge is -2.48. The van der Waals surface area contributed by atoms with Crippen molar-refractivity contribution in [2.45, 2.75) is 47.5 Å². The maximum Gasteiger partial charge on any atom is 0.329 e. The number of amides is 1. The van der Waals surface area contributed by atoms with Gasteiger partial charge >= 0.3 is 11.9 Å². The van der Waals surface area contributed by atoms with E-state index >= 15 is 0 Å². The maximum atomic E-state index is 13.2. The topological polar surface area (TPSA) is 72.5 Å². The van der Waals surface area contributed by atoms with Crippen LogP contribution in [-0.2, 0) is 19.1 Å². The third kappa shape index (κ3) is 1.78. The van der Waals surface area contributed by atoms with Crippen LogP contribution in [0.1, 0.15) is 44.7 Å². The first kappa shape index (κ1) is 16.7. The summed E-state index contributed by atoms with van der Waals surface area (Å²) in [5, 5.41) is 2.91. The molecule has 1 heterocycles. The fourth-order valence-corrected chi connectivity index (χ4v) is 4.14. The molecular formula is C19H23NO4. The van der Waals surface area contributed by atoms with Crippen LogP contribution in [0, 0.1) is 30.1 Å². The number of hydrogen-bond acceptors (Lipinski definition) is 4. The number of rotatable bonds is 2. The van der Waals surface area contributed by atoms with Crippen LogP contribution in [0.2, 0.25) is 0 Å². The van der Waals surface area contributed by atoms with E-state index in [1.165, 1.54) is 0 Å². The summed E-state index contributed by atoms with van der Waals surface area (Å²) in [6.45, 7) is 9.32. The Morgan fingerprint density at radius 2 is 1.75 bits per heavy atom. The minimum absolute atomic E-state index is 0.317. The van der Waals surface area contributed by atoms with Crippen LogP contribution in [0.25, 0.3) is 0 Å². The number of esters is 2. The summed E-state index contributed by atoms with van der Waals surface area (Å²) in [4.78, 5) is 38.0. The molecule has 0 radical (unpaired) electrons. The normalized spacial score (nSPS) is 30.9. The molecule has 1 aliphatic carbocycles. The molecule has 128 valence electrons. The van der Waals surface area contributed by atoms with E-state index in [0.29, 0.717) is 18.5 Å². The smallest absolute Gasteiger partial charge is 0.329 e. The number of nitrogens with one attached hydrogen (secondary N) is 1. The van der Waals surface area contributed by atoms with Gasteiger partial charge in [0.05, 0.1) is 5.41 Å². The Bertz CT molecular complexity index is 767. The van der Waals surface area contributed by atoms with Crippen molar-refractivity contribution in [2.75, 3.05) is 5.32 Å². The maximum absolute atomic E-state index is 13.2. The van der Waals surface area contributed by atoms with E-state index < -0.39 is 28.2 Å². The summed E-state index contributed by atoms with van der Waals surface area (Å²) >= 11 is 0. The molecule has 5 nitrogen and oxygen atoms in total. The minimum Gasteiger partial charge on any atom is -0.392 e. The van der Waals surface area contributed by atoms with Gasteiger partial charge in [0.2, 0.25) is 5.91 Å². The van der Waals surface area contributed by atoms with Crippen LogP contribution >= 0.6 is 0 Å². The number of cyclic esters (lactones) is 2. The quantitative estimate of drug-likeness (QED) is 0.668. The molecule has 1 saturated heterocycles. The van der Waals surface area contributed by atoms with Crippen molar-refractivity contribution in [3.63, 3.8) is 0 Å². The van der Waals surface area contributed by atoms with Crippen LogP contribution in [0.15, 0.2) is 18.2 Å². The number of fused-ring (bicyclic) bond motifs is 2. The molecule has 1 N–H and O–H groups in total. The van der Waals surface area contributed by atoms with Gasteiger partial charge in [0.15, 0.2) is 5.41 Å². The summed E-state index contributed by atoms with van der Waals surface area (Å²) in [6, 6.07) is 5.65. The number of anilines is 1. The predicted molar refractivity (Wildman–Crippen MR) is 89.2 cm³/mol. The summed E-state index contributed by atoms with van der Waals surface area (Å²) in [7, 11) is 0. The van der Waals surface area contributed by atoms with Crippen molar-refractivity contribution in [2.24, 2.45) is 16.2 Å². The number of carbonyl (C=O) groups is 3. The van der Waals surface area contributed by atoms with Gasteiger partial charge in [0, 0.05) is 11.1 Å². The van der Waals surface area contributed by atoms with Crippen LogP contribution in [0.4, 0.5) is 5.69 Å². The SMILES string of the molecule is Cc1cccc(NC(=O)C23CCC(C)(C(=O)OC2=O)C3(C)C)c1C. The molecule has 1 aromatic rings. The second kappa shape index (κ2) is 4.91. The van der Waals surface area contributed by atoms with Crippen molar-refractivity contribution in [1.82, 2.24) is 0 Å². The van der Waals surface area contributed by atoms with Crippen molar-refractivity contribution >= 4 is 23.5 Å². The molecule has 3 rings (SSSR count). The third-order valence-electron chi connectivity index (χ3n) is 6.67. The number of aryl methyl sites for hydroxylation is 1. The van der Waals surface area contributed by atoms with Crippen molar-refractivity contribution in [3.8, 4) is 0 Å². The molecule has 2 fully saturated rings. The zero-order valence-corrected chi connectivity index (χ0v) is 14.8. The Morgan fingerprint density at radius 3 is 2.42 bits per heavy atom. The van der Waals surface area contributed by atoms with Gasteiger partial charge in [-0.15, -0.1) is 0 Å². The Hall–Kier alpha value is -2.17. The lowest BCUT2D eigenvalue weighted by molar-refractivity contribution is -0.195. The molecule has 2 bridgehead atoms. The number of carbonyl (C=O) groups excluding carboxylic acids is 3. The molecule has 1 amide bonds. The molecule has 1 saturated carbocycles. The fraction of sp³-hybridized carbons (Fsp3) is 0.526. The predicted octanol–water partition coefficient (Wildman–Crippen LogP) is 3.14. The summed E-state index contributed by atoms with van der Waals surface area (Å²) in [6.07, 6.45) is 0.780. The summed E-state index contributed by atoms with van der Waals surface area (Å²) in [5.41, 5.74) is -0.285. The molecule has 1 aliphatic heterocycles. The van der Waals surface area contributed by atoms with Gasteiger partial charge < -0.3 is 10.1 Å². The lowest BCUT2D eigenvalue weighted by Crippen LogP contribution is -2.61. The number of hydrogen-bond donors (Lipinski definition) is 1. The zero-order valence-electron chi connectivity index (χ0n) is 14.8. The second-order valence-corrected chi connectivity index (χ2v) is 7.74. The van der Waals surface area contributed by atoms with Crippen LogP contribution in [0.3, 0.4) is 0 Å². The van der Waals surface area contributed by atoms with Crippen molar-refractivity contribution in [1.29, 1.82) is 0 Å². The molecule has 0 aromatic heterocycles. The van der Waals surface area contributed by atoms with E-state index in [1.807, 2.05) is 45.9 Å². The van der Waals surface area contributed by atoms with E-state index in [0.717, 1.165) is 11.1 Å². The molecule has 2 unspecified atom stereocenters. The van der Waals surface area contributed by atoms with E-state index in [-0.39, 0.29) is 5.91 Å².